The van der Waals surface area contributed by atoms with Crippen molar-refractivity contribution in [2.24, 2.45) is 0 Å². The van der Waals surface area contributed by atoms with Crippen LogP contribution in [0, 0.1) is 0 Å². The zero-order valence-electron chi connectivity index (χ0n) is 24.8. The van der Waals surface area contributed by atoms with Gasteiger partial charge in [-0.05, 0) is 89.4 Å². The lowest BCUT2D eigenvalue weighted by Crippen LogP contribution is -2.47. The normalized spacial score (nSPS) is 16.3. The van der Waals surface area contributed by atoms with Crippen molar-refractivity contribution in [1.82, 2.24) is 15.5 Å². The van der Waals surface area contributed by atoms with Gasteiger partial charge in [-0.1, -0.05) is 89.7 Å². The maximum absolute atomic E-state index is 13.7. The Morgan fingerprint density at radius 1 is 0.864 bits per heavy atom. The lowest BCUT2D eigenvalue weighted by atomic mass is 9.73. The van der Waals surface area contributed by atoms with Gasteiger partial charge in [0.1, 0.15) is 12.0 Å². The molecule has 44 heavy (non-hydrogen) atoms. The Kier molecular flexibility index (Phi) is 10.7. The van der Waals surface area contributed by atoms with Crippen molar-refractivity contribution in [1.29, 1.82) is 0 Å². The Hall–Kier alpha value is -2.92. The molecule has 2 aliphatic rings. The number of nitrogens with zero attached hydrogens (tertiary/aromatic N) is 1. The zero-order valence-corrected chi connectivity index (χ0v) is 26.9. The summed E-state index contributed by atoms with van der Waals surface area (Å²) in [4.78, 5) is 28.8. The molecule has 1 fully saturated rings. The number of halogens is 4. The predicted molar refractivity (Wildman–Crippen MR) is 176 cm³/mol. The molecule has 0 atom stereocenters. The van der Waals surface area contributed by atoms with Crippen LogP contribution < -0.4 is 10.6 Å². The van der Waals surface area contributed by atoms with Crippen molar-refractivity contribution >= 4 is 34.4 Å². The van der Waals surface area contributed by atoms with Crippen LogP contribution >= 0.6 is 22.6 Å². The highest BCUT2D eigenvalue weighted by molar-refractivity contribution is 14.1. The van der Waals surface area contributed by atoms with Crippen LogP contribution in [0.3, 0.4) is 0 Å². The minimum Gasteiger partial charge on any atom is -0.349 e. The number of hydrogen-bond acceptors (Lipinski definition) is 3. The molecule has 9 heteroatoms. The van der Waals surface area contributed by atoms with Crippen molar-refractivity contribution in [2.45, 2.75) is 62.6 Å². The number of nitrogens with one attached hydrogen (secondary N) is 2. The molecule has 2 N–H and O–H groups in total. The fourth-order valence-corrected chi connectivity index (χ4v) is 7.05. The van der Waals surface area contributed by atoms with Crippen molar-refractivity contribution in [3.05, 3.63) is 95.1 Å². The third-order valence-electron chi connectivity index (χ3n) is 8.92. The molecule has 3 aromatic carbocycles. The summed E-state index contributed by atoms with van der Waals surface area (Å²) in [6.45, 7) is 1.21. The Balaban J connectivity index is 1.16. The summed E-state index contributed by atoms with van der Waals surface area (Å²) < 4.78 is 40.5. The monoisotopic (exact) mass is 717 g/mol. The van der Waals surface area contributed by atoms with Crippen LogP contribution in [-0.2, 0) is 16.6 Å². The van der Waals surface area contributed by atoms with Crippen LogP contribution in [0.15, 0.2) is 72.8 Å². The van der Waals surface area contributed by atoms with Crippen molar-refractivity contribution < 1.29 is 22.8 Å². The molecule has 0 saturated carbocycles. The molecule has 0 bridgehead atoms. The number of hydrogen-bond donors (Lipinski definition) is 2. The van der Waals surface area contributed by atoms with Crippen LogP contribution in [-0.4, -0.2) is 59.5 Å². The van der Waals surface area contributed by atoms with Gasteiger partial charge >= 0.3 is 6.18 Å². The molecule has 5 nitrogen and oxygen atoms in total. The number of rotatable bonds is 12. The second-order valence-electron chi connectivity index (χ2n) is 11.8. The molecule has 1 aliphatic carbocycles. The van der Waals surface area contributed by atoms with E-state index >= 15 is 0 Å². The summed E-state index contributed by atoms with van der Waals surface area (Å²) in [5.41, 5.74) is 4.13. The van der Waals surface area contributed by atoms with Crippen LogP contribution in [0.1, 0.15) is 65.6 Å². The smallest absolute Gasteiger partial charge is 0.349 e. The highest BCUT2D eigenvalue weighted by atomic mass is 127. The molecule has 1 aliphatic heterocycles. The van der Waals surface area contributed by atoms with E-state index in [0.29, 0.717) is 18.4 Å². The minimum absolute atomic E-state index is 0.0323. The number of aryl methyl sites for hydroxylation is 1. The maximum atomic E-state index is 13.7. The van der Waals surface area contributed by atoms with Gasteiger partial charge in [0.05, 0.1) is 0 Å². The first-order valence-electron chi connectivity index (χ1n) is 15.4. The fraction of sp³-hybridized carbons (Fsp3) is 0.429. The Morgan fingerprint density at radius 3 is 2.07 bits per heavy atom. The quantitative estimate of drug-likeness (QED) is 0.120. The highest BCUT2D eigenvalue weighted by Gasteiger charge is 2.49. The average Bonchev–Trinajstić information content (AvgIpc) is 3.32. The molecule has 0 unspecified atom stereocenters. The van der Waals surface area contributed by atoms with Crippen LogP contribution in [0.4, 0.5) is 13.2 Å². The standard InChI is InChI=1S/C35H39F3IN3O2/c36-35(37,38)24-40-33(44)34(30-11-3-1-9-28(30)29-10-2-4-12-31(29)34)19-5-6-21-42-22-17-27(18-23-42)41-32(43)26-15-13-25(14-16-26)8-7-20-39/h1-4,9-16,27H,5-8,17-24H2,(H,40,44)(H,41,43). The van der Waals surface area contributed by atoms with E-state index in [0.717, 1.165) is 78.4 Å². The fourth-order valence-electron chi connectivity index (χ4n) is 6.67. The maximum Gasteiger partial charge on any atom is 0.405 e. The van der Waals surface area contributed by atoms with E-state index in [9.17, 15) is 22.8 Å². The van der Waals surface area contributed by atoms with Gasteiger partial charge in [-0.3, -0.25) is 9.59 Å². The number of carbonyl (C=O) groups excluding carboxylic acids is 2. The number of benzene rings is 3. The zero-order chi connectivity index (χ0) is 31.2. The number of unbranched alkanes of at least 4 members (excludes halogenated alkanes) is 1. The number of piperidine rings is 1. The first-order chi connectivity index (χ1) is 21.2. The molecule has 0 spiro atoms. The summed E-state index contributed by atoms with van der Waals surface area (Å²) in [7, 11) is 0. The first kappa shape index (κ1) is 32.5. The third-order valence-corrected chi connectivity index (χ3v) is 9.68. The van der Waals surface area contributed by atoms with Gasteiger partial charge in [0.2, 0.25) is 5.91 Å². The van der Waals surface area contributed by atoms with Crippen molar-refractivity contribution in [3.63, 3.8) is 0 Å². The van der Waals surface area contributed by atoms with E-state index in [4.69, 9.17) is 0 Å². The van der Waals surface area contributed by atoms with E-state index < -0.39 is 24.0 Å². The Labute approximate surface area is 271 Å². The SMILES string of the molecule is O=C(NC1CCN(CCCCC2(C(=O)NCC(F)(F)F)c3ccccc3-c3ccccc32)CC1)c1ccc(CCCI)cc1. The lowest BCUT2D eigenvalue weighted by Gasteiger charge is -2.33. The van der Waals surface area contributed by atoms with Crippen molar-refractivity contribution in [2.75, 3.05) is 30.6 Å². The van der Waals surface area contributed by atoms with Crippen LogP contribution in [0.2, 0.25) is 0 Å². The van der Waals surface area contributed by atoms with Gasteiger partial charge in [-0.2, -0.15) is 13.2 Å². The largest absolute Gasteiger partial charge is 0.405 e. The number of fused-ring (bicyclic) bond motifs is 3. The van der Waals surface area contributed by atoms with Gasteiger partial charge in [0.25, 0.3) is 5.91 Å². The summed E-state index contributed by atoms with van der Waals surface area (Å²) >= 11 is 2.37. The van der Waals surface area contributed by atoms with Crippen LogP contribution in [0.25, 0.3) is 11.1 Å². The summed E-state index contributed by atoms with van der Waals surface area (Å²) in [6.07, 6.45) is 1.33. The summed E-state index contributed by atoms with van der Waals surface area (Å²) in [5.74, 6) is -0.630. The second kappa shape index (κ2) is 14.5. The molecule has 234 valence electrons. The third kappa shape index (κ3) is 7.47. The summed E-state index contributed by atoms with van der Waals surface area (Å²) in [6, 6.07) is 23.2. The van der Waals surface area contributed by atoms with E-state index in [2.05, 4.69) is 38.1 Å². The number of carbonyl (C=O) groups is 2. The highest BCUT2D eigenvalue weighted by Crippen LogP contribution is 2.51. The number of amides is 2. The molecule has 3 aromatic rings. The average molecular weight is 718 g/mol. The minimum atomic E-state index is -4.49. The second-order valence-corrected chi connectivity index (χ2v) is 12.9. The Bertz CT molecular complexity index is 1390. The molecule has 2 amide bonds. The van der Waals surface area contributed by atoms with Gasteiger partial charge in [0.15, 0.2) is 0 Å². The number of alkyl halides is 4. The van der Waals surface area contributed by atoms with E-state index in [1.54, 1.807) is 0 Å². The van der Waals surface area contributed by atoms with Gasteiger partial charge in [0, 0.05) is 24.7 Å². The molecular weight excluding hydrogens is 678 g/mol. The lowest BCUT2D eigenvalue weighted by molar-refractivity contribution is -0.141. The molecule has 1 heterocycles. The summed E-state index contributed by atoms with van der Waals surface area (Å²) in [5, 5.41) is 5.40. The molecule has 0 radical (unpaired) electrons. The molecular formula is C35H39F3IN3O2. The Morgan fingerprint density at radius 2 is 1.48 bits per heavy atom. The van der Waals surface area contributed by atoms with Gasteiger partial charge in [-0.25, -0.2) is 0 Å². The molecule has 0 aromatic heterocycles. The topological polar surface area (TPSA) is 61.4 Å². The van der Waals surface area contributed by atoms with Gasteiger partial charge in [-0.15, -0.1) is 0 Å². The van der Waals surface area contributed by atoms with E-state index in [1.807, 2.05) is 72.8 Å². The molecule has 1 saturated heterocycles. The first-order valence-corrected chi connectivity index (χ1v) is 17.0. The van der Waals surface area contributed by atoms with Crippen molar-refractivity contribution in [3.8, 4) is 11.1 Å². The van der Waals surface area contributed by atoms with Crippen LogP contribution in [0.5, 0.6) is 0 Å². The van der Waals surface area contributed by atoms with Gasteiger partial charge < -0.3 is 15.5 Å². The predicted octanol–water partition coefficient (Wildman–Crippen LogP) is 7.06. The molecule has 5 rings (SSSR count). The van der Waals surface area contributed by atoms with E-state index in [1.165, 1.54) is 5.56 Å². The number of likely N-dealkylation sites (tertiary alicyclic amines) is 1. The van der Waals surface area contributed by atoms with E-state index in [-0.39, 0.29) is 11.9 Å².